The van der Waals surface area contributed by atoms with Gasteiger partial charge in [0, 0.05) is 18.1 Å². The highest BCUT2D eigenvalue weighted by Gasteiger charge is 2.34. The lowest BCUT2D eigenvalue weighted by atomic mass is 9.98. The van der Waals surface area contributed by atoms with E-state index in [0.717, 1.165) is 0 Å². The standard InChI is InChI=1S/C20H24ClN3O5S/c1-14(19(25)22-12-17-5-3-11-29-17)23-20(26)15-4-2-10-24(13-15)30(27,28)18-8-6-16(21)7-9-18/h3,5-9,11,14-15H,2,4,10,12-13H2,1H3,(H,22,25)(H,23,26). The predicted molar refractivity (Wildman–Crippen MR) is 111 cm³/mol. The molecular weight excluding hydrogens is 430 g/mol. The first-order chi connectivity index (χ1) is 14.3. The highest BCUT2D eigenvalue weighted by atomic mass is 35.5. The molecule has 0 saturated carbocycles. The summed E-state index contributed by atoms with van der Waals surface area (Å²) in [6, 6.07) is 8.65. The van der Waals surface area contributed by atoms with Crippen LogP contribution in [0.15, 0.2) is 52.0 Å². The maximum absolute atomic E-state index is 12.9. The van der Waals surface area contributed by atoms with E-state index in [4.69, 9.17) is 16.0 Å². The van der Waals surface area contributed by atoms with Gasteiger partial charge in [0.15, 0.2) is 0 Å². The normalized spacial score (nSPS) is 18.5. The molecule has 1 fully saturated rings. The molecule has 2 unspecified atom stereocenters. The Morgan fingerprint density at radius 3 is 2.67 bits per heavy atom. The topological polar surface area (TPSA) is 109 Å². The molecule has 0 bridgehead atoms. The minimum absolute atomic E-state index is 0.0670. The Kier molecular flexibility index (Phi) is 7.17. The van der Waals surface area contributed by atoms with Crippen LogP contribution in [0.3, 0.4) is 0 Å². The van der Waals surface area contributed by atoms with Crippen LogP contribution < -0.4 is 10.6 Å². The number of nitrogens with zero attached hydrogens (tertiary/aromatic N) is 1. The number of carbonyl (C=O) groups excluding carboxylic acids is 2. The summed E-state index contributed by atoms with van der Waals surface area (Å²) in [5.41, 5.74) is 0. The minimum Gasteiger partial charge on any atom is -0.467 e. The first kappa shape index (κ1) is 22.3. The summed E-state index contributed by atoms with van der Waals surface area (Å²) in [5.74, 6) is -0.605. The van der Waals surface area contributed by atoms with E-state index in [2.05, 4.69) is 10.6 Å². The molecule has 2 heterocycles. The summed E-state index contributed by atoms with van der Waals surface area (Å²) >= 11 is 5.84. The summed E-state index contributed by atoms with van der Waals surface area (Å²) in [7, 11) is -3.72. The molecule has 0 spiro atoms. The molecule has 1 aliphatic heterocycles. The van der Waals surface area contributed by atoms with E-state index < -0.39 is 22.0 Å². The summed E-state index contributed by atoms with van der Waals surface area (Å²) in [6.45, 7) is 2.22. The SMILES string of the molecule is CC(NC(=O)C1CCCN(S(=O)(=O)c2ccc(Cl)cc2)C1)C(=O)NCc1ccco1. The van der Waals surface area contributed by atoms with Crippen LogP contribution in [0.5, 0.6) is 0 Å². The van der Waals surface area contributed by atoms with Gasteiger partial charge >= 0.3 is 0 Å². The fraction of sp³-hybridized carbons (Fsp3) is 0.400. The van der Waals surface area contributed by atoms with Crippen molar-refractivity contribution in [1.82, 2.24) is 14.9 Å². The second-order valence-corrected chi connectivity index (χ2v) is 9.56. The zero-order chi connectivity index (χ0) is 21.7. The number of rotatable bonds is 7. The Morgan fingerprint density at radius 1 is 1.27 bits per heavy atom. The number of amides is 2. The quantitative estimate of drug-likeness (QED) is 0.667. The lowest BCUT2D eigenvalue weighted by Gasteiger charge is -2.31. The van der Waals surface area contributed by atoms with Crippen LogP contribution in [-0.4, -0.2) is 43.7 Å². The second-order valence-electron chi connectivity index (χ2n) is 7.18. The number of benzene rings is 1. The molecule has 2 atom stereocenters. The number of furan rings is 1. The molecule has 2 aromatic rings. The molecule has 1 saturated heterocycles. The Hall–Kier alpha value is -2.36. The Bertz CT molecular complexity index is 976. The molecule has 1 aromatic carbocycles. The van der Waals surface area contributed by atoms with Crippen molar-refractivity contribution in [3.8, 4) is 0 Å². The maximum atomic E-state index is 12.9. The molecule has 3 rings (SSSR count). The summed E-state index contributed by atoms with van der Waals surface area (Å²) in [6.07, 6.45) is 2.63. The minimum atomic E-state index is -3.72. The zero-order valence-electron chi connectivity index (χ0n) is 16.5. The molecular formula is C20H24ClN3O5S. The van der Waals surface area contributed by atoms with E-state index in [9.17, 15) is 18.0 Å². The number of nitrogens with one attached hydrogen (secondary N) is 2. The molecule has 162 valence electrons. The van der Waals surface area contributed by atoms with Gasteiger partial charge in [0.25, 0.3) is 0 Å². The Morgan fingerprint density at radius 2 is 2.00 bits per heavy atom. The van der Waals surface area contributed by atoms with Crippen LogP contribution in [0.2, 0.25) is 5.02 Å². The van der Waals surface area contributed by atoms with Crippen LogP contribution in [0.1, 0.15) is 25.5 Å². The van der Waals surface area contributed by atoms with Gasteiger partial charge in [-0.05, 0) is 56.2 Å². The average molecular weight is 454 g/mol. The van der Waals surface area contributed by atoms with Crippen molar-refractivity contribution in [2.45, 2.75) is 37.2 Å². The molecule has 2 N–H and O–H groups in total. The van der Waals surface area contributed by atoms with Crippen molar-refractivity contribution >= 4 is 33.4 Å². The lowest BCUT2D eigenvalue weighted by Crippen LogP contribution is -2.50. The van der Waals surface area contributed by atoms with Crippen LogP contribution in [0.25, 0.3) is 0 Å². The van der Waals surface area contributed by atoms with Gasteiger partial charge in [-0.25, -0.2) is 8.42 Å². The van der Waals surface area contributed by atoms with Crippen molar-refractivity contribution in [1.29, 1.82) is 0 Å². The van der Waals surface area contributed by atoms with E-state index >= 15 is 0 Å². The van der Waals surface area contributed by atoms with Crippen molar-refractivity contribution < 1.29 is 22.4 Å². The Balaban J connectivity index is 1.57. The van der Waals surface area contributed by atoms with Crippen LogP contribution >= 0.6 is 11.6 Å². The molecule has 0 aliphatic carbocycles. The highest BCUT2D eigenvalue weighted by molar-refractivity contribution is 7.89. The van der Waals surface area contributed by atoms with Gasteiger partial charge in [-0.3, -0.25) is 9.59 Å². The highest BCUT2D eigenvalue weighted by Crippen LogP contribution is 2.25. The number of sulfonamides is 1. The summed E-state index contributed by atoms with van der Waals surface area (Å²) in [5, 5.41) is 5.81. The van der Waals surface area contributed by atoms with Crippen LogP contribution in [0, 0.1) is 5.92 Å². The fourth-order valence-electron chi connectivity index (χ4n) is 3.27. The zero-order valence-corrected chi connectivity index (χ0v) is 18.1. The molecule has 8 nitrogen and oxygen atoms in total. The first-order valence-corrected chi connectivity index (χ1v) is 11.5. The van der Waals surface area contributed by atoms with Gasteiger partial charge in [-0.1, -0.05) is 11.6 Å². The number of piperidine rings is 1. The van der Waals surface area contributed by atoms with Crippen molar-refractivity contribution in [2.24, 2.45) is 5.92 Å². The van der Waals surface area contributed by atoms with E-state index in [1.54, 1.807) is 19.1 Å². The monoisotopic (exact) mass is 453 g/mol. The van der Waals surface area contributed by atoms with Gasteiger partial charge in [0.05, 0.1) is 23.6 Å². The van der Waals surface area contributed by atoms with Crippen molar-refractivity contribution in [3.63, 3.8) is 0 Å². The summed E-state index contributed by atoms with van der Waals surface area (Å²) < 4.78 is 32.2. The van der Waals surface area contributed by atoms with Gasteiger partial charge in [0.1, 0.15) is 11.8 Å². The molecule has 30 heavy (non-hydrogen) atoms. The molecule has 1 aliphatic rings. The average Bonchev–Trinajstić information content (AvgIpc) is 3.26. The van der Waals surface area contributed by atoms with Crippen molar-refractivity contribution in [2.75, 3.05) is 13.1 Å². The smallest absolute Gasteiger partial charge is 0.243 e. The summed E-state index contributed by atoms with van der Waals surface area (Å²) in [4.78, 5) is 25.0. The third-order valence-electron chi connectivity index (χ3n) is 4.98. The van der Waals surface area contributed by atoms with Gasteiger partial charge < -0.3 is 15.1 Å². The van der Waals surface area contributed by atoms with E-state index in [0.29, 0.717) is 30.2 Å². The molecule has 1 aromatic heterocycles. The van der Waals surface area contributed by atoms with Gasteiger partial charge in [-0.2, -0.15) is 4.31 Å². The number of hydrogen-bond donors (Lipinski definition) is 2. The lowest BCUT2D eigenvalue weighted by molar-refractivity contribution is -0.131. The molecule has 0 radical (unpaired) electrons. The van der Waals surface area contributed by atoms with Crippen LogP contribution in [0.4, 0.5) is 0 Å². The second kappa shape index (κ2) is 9.63. The number of hydrogen-bond acceptors (Lipinski definition) is 5. The first-order valence-electron chi connectivity index (χ1n) is 9.63. The number of halogens is 1. The molecule has 10 heteroatoms. The van der Waals surface area contributed by atoms with Crippen molar-refractivity contribution in [3.05, 3.63) is 53.4 Å². The van der Waals surface area contributed by atoms with Gasteiger partial charge in [-0.15, -0.1) is 0 Å². The Labute approximate surface area is 180 Å². The van der Waals surface area contributed by atoms with Gasteiger partial charge in [0.2, 0.25) is 21.8 Å². The largest absolute Gasteiger partial charge is 0.467 e. The maximum Gasteiger partial charge on any atom is 0.243 e. The van der Waals surface area contributed by atoms with E-state index in [1.165, 1.54) is 34.8 Å². The van der Waals surface area contributed by atoms with E-state index in [1.807, 2.05) is 0 Å². The number of carbonyl (C=O) groups is 2. The van der Waals surface area contributed by atoms with E-state index in [-0.39, 0.29) is 29.8 Å². The third kappa shape index (κ3) is 5.41. The molecule has 2 amide bonds. The predicted octanol–water partition coefficient (Wildman–Crippen LogP) is 2.15. The van der Waals surface area contributed by atoms with Crippen LogP contribution in [-0.2, 0) is 26.2 Å². The fourth-order valence-corrected chi connectivity index (χ4v) is 4.92. The third-order valence-corrected chi connectivity index (χ3v) is 7.11.